The number of halogens is 2. The van der Waals surface area contributed by atoms with Gasteiger partial charge in [0.15, 0.2) is 0 Å². The lowest BCUT2D eigenvalue weighted by Gasteiger charge is -2.26. The third-order valence-electron chi connectivity index (χ3n) is 6.39. The number of pyridine rings is 1. The molecule has 1 aliphatic rings. The summed E-state index contributed by atoms with van der Waals surface area (Å²) in [6.07, 6.45) is 6.66. The summed E-state index contributed by atoms with van der Waals surface area (Å²) in [7, 11) is 0. The molecule has 4 aromatic rings. The molecule has 3 aromatic heterocycles. The first-order valence-electron chi connectivity index (χ1n) is 12.0. The zero-order valence-corrected chi connectivity index (χ0v) is 19.6. The average molecular weight is 478 g/mol. The van der Waals surface area contributed by atoms with Gasteiger partial charge in [-0.25, -0.2) is 8.78 Å². The van der Waals surface area contributed by atoms with Gasteiger partial charge in [-0.05, 0) is 55.8 Å². The Morgan fingerprint density at radius 1 is 1.06 bits per heavy atom. The third kappa shape index (κ3) is 5.57. The fourth-order valence-electron chi connectivity index (χ4n) is 4.50. The SMILES string of the molecule is C=C(Nc1ccc(CC(F)F)nc1)c1n[nH]c2ccc(-c3cnn(CCN4CCCCC4)c3)cc12. The van der Waals surface area contributed by atoms with Gasteiger partial charge in [0, 0.05) is 29.4 Å². The zero-order valence-electron chi connectivity index (χ0n) is 19.6. The van der Waals surface area contributed by atoms with E-state index in [2.05, 4.69) is 55.4 Å². The molecule has 1 aliphatic heterocycles. The highest BCUT2D eigenvalue weighted by Gasteiger charge is 2.13. The quantitative estimate of drug-likeness (QED) is 0.347. The normalized spacial score (nSPS) is 14.6. The Balaban J connectivity index is 1.29. The fourth-order valence-corrected chi connectivity index (χ4v) is 4.50. The molecule has 1 fully saturated rings. The van der Waals surface area contributed by atoms with Crippen molar-refractivity contribution in [3.8, 4) is 11.1 Å². The number of aromatic nitrogens is 5. The Hall–Kier alpha value is -3.59. The summed E-state index contributed by atoms with van der Waals surface area (Å²) in [5.74, 6) is 0. The lowest BCUT2D eigenvalue weighted by molar-refractivity contribution is 0.148. The number of piperidine rings is 1. The van der Waals surface area contributed by atoms with Crippen molar-refractivity contribution in [1.29, 1.82) is 0 Å². The molecule has 35 heavy (non-hydrogen) atoms. The topological polar surface area (TPSA) is 74.7 Å². The Kier molecular flexibility index (Phi) is 6.85. The standard InChI is InChI=1S/C26H29F2N7/c1-18(31-22-7-6-21(29-16-22)14-25(27)28)26-23-13-19(5-8-24(23)32-33-26)20-15-30-35(17-20)12-11-34-9-3-2-4-10-34/h5-8,13,15-17,25,31H,1-4,9-12,14H2,(H,32,33). The molecule has 0 unspecified atom stereocenters. The minimum absolute atomic E-state index is 0.350. The van der Waals surface area contributed by atoms with Crippen LogP contribution in [0.1, 0.15) is 30.7 Å². The number of H-pyrrole nitrogens is 1. The van der Waals surface area contributed by atoms with E-state index in [0.29, 0.717) is 22.8 Å². The van der Waals surface area contributed by atoms with Gasteiger partial charge < -0.3 is 10.2 Å². The van der Waals surface area contributed by atoms with Crippen LogP contribution in [0, 0.1) is 0 Å². The van der Waals surface area contributed by atoms with Crippen LogP contribution in [0.5, 0.6) is 0 Å². The van der Waals surface area contributed by atoms with E-state index in [1.165, 1.54) is 38.5 Å². The van der Waals surface area contributed by atoms with Gasteiger partial charge in [-0.2, -0.15) is 10.2 Å². The van der Waals surface area contributed by atoms with Crippen LogP contribution >= 0.6 is 0 Å². The highest BCUT2D eigenvalue weighted by atomic mass is 19.3. The van der Waals surface area contributed by atoms with Crippen LogP contribution in [-0.2, 0) is 13.0 Å². The Bertz CT molecular complexity index is 1290. The number of nitrogens with one attached hydrogen (secondary N) is 2. The molecule has 7 nitrogen and oxygen atoms in total. The molecule has 0 spiro atoms. The van der Waals surface area contributed by atoms with Gasteiger partial charge in [-0.3, -0.25) is 14.8 Å². The van der Waals surface area contributed by atoms with Crippen LogP contribution < -0.4 is 5.32 Å². The molecule has 5 rings (SSSR count). The van der Waals surface area contributed by atoms with E-state index in [1.54, 1.807) is 12.1 Å². The second-order valence-corrected chi connectivity index (χ2v) is 8.96. The summed E-state index contributed by atoms with van der Waals surface area (Å²) in [4.78, 5) is 6.60. The summed E-state index contributed by atoms with van der Waals surface area (Å²) in [5, 5.41) is 16.2. The van der Waals surface area contributed by atoms with Crippen molar-refractivity contribution in [2.24, 2.45) is 0 Å². The van der Waals surface area contributed by atoms with Crippen LogP contribution in [0.2, 0.25) is 0 Å². The monoisotopic (exact) mass is 477 g/mol. The molecular weight excluding hydrogens is 448 g/mol. The molecule has 0 aliphatic carbocycles. The second-order valence-electron chi connectivity index (χ2n) is 8.96. The fraction of sp³-hybridized carbons (Fsp3) is 0.346. The van der Waals surface area contributed by atoms with E-state index in [1.807, 2.05) is 16.9 Å². The second kappa shape index (κ2) is 10.4. The molecule has 2 N–H and O–H groups in total. The number of likely N-dealkylation sites (tertiary alicyclic amines) is 1. The highest BCUT2D eigenvalue weighted by molar-refractivity contribution is 5.94. The molecule has 182 valence electrons. The molecule has 0 amide bonds. The van der Waals surface area contributed by atoms with Crippen LogP contribution in [0.15, 0.2) is 55.5 Å². The lowest BCUT2D eigenvalue weighted by atomic mass is 10.1. The zero-order chi connectivity index (χ0) is 24.2. The van der Waals surface area contributed by atoms with Crippen LogP contribution in [0.25, 0.3) is 27.7 Å². The number of alkyl halides is 2. The molecule has 1 saturated heterocycles. The molecule has 0 atom stereocenters. The minimum atomic E-state index is -2.41. The van der Waals surface area contributed by atoms with Crippen molar-refractivity contribution in [2.45, 2.75) is 38.7 Å². The lowest BCUT2D eigenvalue weighted by Crippen LogP contribution is -2.32. The number of nitrogens with zero attached hydrogens (tertiary/aromatic N) is 5. The first-order chi connectivity index (χ1) is 17.0. The number of benzene rings is 1. The third-order valence-corrected chi connectivity index (χ3v) is 6.39. The summed E-state index contributed by atoms with van der Waals surface area (Å²) >= 11 is 0. The smallest absolute Gasteiger partial charge is 0.244 e. The number of aromatic amines is 1. The van der Waals surface area contributed by atoms with E-state index >= 15 is 0 Å². The van der Waals surface area contributed by atoms with Gasteiger partial charge >= 0.3 is 0 Å². The van der Waals surface area contributed by atoms with Crippen LogP contribution in [0.4, 0.5) is 14.5 Å². The predicted molar refractivity (Wildman–Crippen MR) is 134 cm³/mol. The Labute approximate surface area is 202 Å². The van der Waals surface area contributed by atoms with E-state index < -0.39 is 6.43 Å². The molecule has 9 heteroatoms. The maximum absolute atomic E-state index is 12.5. The van der Waals surface area contributed by atoms with E-state index in [-0.39, 0.29) is 6.42 Å². The van der Waals surface area contributed by atoms with Gasteiger partial charge in [0.1, 0.15) is 5.69 Å². The molecule has 0 bridgehead atoms. The molecule has 0 radical (unpaired) electrons. The van der Waals surface area contributed by atoms with E-state index in [9.17, 15) is 8.78 Å². The van der Waals surface area contributed by atoms with Crippen molar-refractivity contribution >= 4 is 22.3 Å². The number of hydrogen-bond acceptors (Lipinski definition) is 5. The Morgan fingerprint density at radius 3 is 2.69 bits per heavy atom. The highest BCUT2D eigenvalue weighted by Crippen LogP contribution is 2.28. The first kappa shape index (κ1) is 23.2. The molecule has 0 saturated carbocycles. The van der Waals surface area contributed by atoms with Gasteiger partial charge in [0.25, 0.3) is 0 Å². The van der Waals surface area contributed by atoms with Crippen molar-refractivity contribution in [3.05, 3.63) is 66.9 Å². The molecular formula is C26H29F2N7. The maximum Gasteiger partial charge on any atom is 0.244 e. The van der Waals surface area contributed by atoms with E-state index in [0.717, 1.165) is 35.1 Å². The van der Waals surface area contributed by atoms with E-state index in [4.69, 9.17) is 0 Å². The minimum Gasteiger partial charge on any atom is -0.353 e. The van der Waals surface area contributed by atoms with Crippen molar-refractivity contribution in [2.75, 3.05) is 25.0 Å². The van der Waals surface area contributed by atoms with Gasteiger partial charge in [-0.15, -0.1) is 0 Å². The maximum atomic E-state index is 12.5. The number of hydrogen-bond donors (Lipinski definition) is 2. The predicted octanol–water partition coefficient (Wildman–Crippen LogP) is 5.20. The summed E-state index contributed by atoms with van der Waals surface area (Å²) in [6, 6.07) is 9.44. The molecule has 4 heterocycles. The van der Waals surface area contributed by atoms with Gasteiger partial charge in [0.05, 0.1) is 42.3 Å². The van der Waals surface area contributed by atoms with Crippen molar-refractivity contribution < 1.29 is 8.78 Å². The number of anilines is 1. The van der Waals surface area contributed by atoms with Gasteiger partial charge in [0.2, 0.25) is 6.43 Å². The van der Waals surface area contributed by atoms with Crippen molar-refractivity contribution in [3.63, 3.8) is 0 Å². The molecule has 1 aromatic carbocycles. The van der Waals surface area contributed by atoms with Crippen LogP contribution in [0.3, 0.4) is 0 Å². The van der Waals surface area contributed by atoms with Crippen molar-refractivity contribution in [1.82, 2.24) is 29.9 Å². The first-order valence-corrected chi connectivity index (χ1v) is 12.0. The summed E-state index contributed by atoms with van der Waals surface area (Å²) in [6.45, 7) is 8.39. The van der Waals surface area contributed by atoms with Gasteiger partial charge in [-0.1, -0.05) is 19.1 Å². The number of fused-ring (bicyclic) bond motifs is 1. The average Bonchev–Trinajstić information content (AvgIpc) is 3.51. The Morgan fingerprint density at radius 2 is 1.91 bits per heavy atom. The summed E-state index contributed by atoms with van der Waals surface area (Å²) < 4.78 is 27.1. The number of rotatable bonds is 9. The largest absolute Gasteiger partial charge is 0.353 e. The van der Waals surface area contributed by atoms with Crippen LogP contribution in [-0.4, -0.2) is 55.9 Å². The summed E-state index contributed by atoms with van der Waals surface area (Å²) in [5.41, 5.74) is 5.29.